The molecule has 2 nitrogen and oxygen atoms in total. The van der Waals surface area contributed by atoms with Gasteiger partial charge in [0.2, 0.25) is 0 Å². The number of nitrogens with zero attached hydrogens (tertiary/aromatic N) is 1. The van der Waals surface area contributed by atoms with E-state index < -0.39 is 0 Å². The smallest absolute Gasteiger partial charge is 0.0931 e. The van der Waals surface area contributed by atoms with Crippen LogP contribution in [0.2, 0.25) is 4.34 Å². The topological polar surface area (TPSA) is 15.3 Å². The molecule has 0 fully saturated rings. The van der Waals surface area contributed by atoms with Crippen LogP contribution in [0.5, 0.6) is 0 Å². The molecule has 1 N–H and O–H groups in total. The first-order valence-electron chi connectivity index (χ1n) is 6.61. The first-order valence-corrected chi connectivity index (χ1v) is 7.81. The summed E-state index contributed by atoms with van der Waals surface area (Å²) in [5.74, 6) is 0. The van der Waals surface area contributed by atoms with E-state index in [1.807, 2.05) is 6.07 Å². The van der Waals surface area contributed by atoms with Gasteiger partial charge in [-0.25, -0.2) is 0 Å². The lowest BCUT2D eigenvalue weighted by atomic mass is 9.86. The van der Waals surface area contributed by atoms with Gasteiger partial charge in [-0.05, 0) is 52.5 Å². The van der Waals surface area contributed by atoms with Crippen LogP contribution in [0.3, 0.4) is 0 Å². The van der Waals surface area contributed by atoms with Crippen LogP contribution in [-0.4, -0.2) is 31.1 Å². The average molecular weight is 289 g/mol. The van der Waals surface area contributed by atoms with Gasteiger partial charge >= 0.3 is 0 Å². The Kier molecular flexibility index (Phi) is 6.12. The molecule has 0 spiro atoms. The quantitative estimate of drug-likeness (QED) is 0.810. The van der Waals surface area contributed by atoms with Crippen molar-refractivity contribution in [2.24, 2.45) is 0 Å². The van der Waals surface area contributed by atoms with Crippen LogP contribution in [0.15, 0.2) is 12.1 Å². The van der Waals surface area contributed by atoms with E-state index in [1.54, 1.807) is 11.3 Å². The van der Waals surface area contributed by atoms with Gasteiger partial charge in [0.15, 0.2) is 0 Å². The zero-order valence-corrected chi connectivity index (χ0v) is 13.7. The fourth-order valence-electron chi connectivity index (χ4n) is 2.18. The number of hydrogen-bond donors (Lipinski definition) is 1. The highest BCUT2D eigenvalue weighted by molar-refractivity contribution is 7.16. The predicted octanol–water partition coefficient (Wildman–Crippen LogP) is 4.17. The first-order chi connectivity index (χ1) is 8.45. The second kappa shape index (κ2) is 6.90. The number of thiophene rings is 1. The number of hydrogen-bond acceptors (Lipinski definition) is 3. The minimum absolute atomic E-state index is 0.101. The fraction of sp³-hybridized carbons (Fsp3) is 0.714. The van der Waals surface area contributed by atoms with E-state index in [4.69, 9.17) is 11.6 Å². The van der Waals surface area contributed by atoms with Crippen LogP contribution in [-0.2, 0) is 0 Å². The standard InChI is InChI=1S/C14H25ClN2S/c1-6-10-16-13(11-8-9-12(15)18-11)14(3,7-2)17(4)5/h8-9,13,16H,6-7,10H2,1-5H3. The van der Waals surface area contributed by atoms with Crippen LogP contribution in [0.25, 0.3) is 0 Å². The summed E-state index contributed by atoms with van der Waals surface area (Å²) in [6.45, 7) is 7.79. The van der Waals surface area contributed by atoms with Gasteiger partial charge in [-0.3, -0.25) is 0 Å². The molecule has 2 unspecified atom stereocenters. The average Bonchev–Trinajstić information content (AvgIpc) is 2.75. The summed E-state index contributed by atoms with van der Waals surface area (Å²) < 4.78 is 0.866. The van der Waals surface area contributed by atoms with E-state index in [1.165, 1.54) is 4.88 Å². The summed E-state index contributed by atoms with van der Waals surface area (Å²) >= 11 is 7.77. The lowest BCUT2D eigenvalue weighted by molar-refractivity contribution is 0.114. The molecule has 0 aliphatic heterocycles. The normalized spacial score (nSPS) is 16.8. The third-order valence-corrected chi connectivity index (χ3v) is 5.13. The SMILES string of the molecule is CCCNC(c1ccc(Cl)s1)C(C)(CC)N(C)C. The van der Waals surface area contributed by atoms with Crippen molar-refractivity contribution >= 4 is 22.9 Å². The van der Waals surface area contributed by atoms with E-state index in [-0.39, 0.29) is 5.54 Å². The van der Waals surface area contributed by atoms with Gasteiger partial charge < -0.3 is 10.2 Å². The van der Waals surface area contributed by atoms with E-state index in [0.29, 0.717) is 6.04 Å². The molecule has 0 bridgehead atoms. The molecule has 4 heteroatoms. The van der Waals surface area contributed by atoms with Crippen LogP contribution in [0.1, 0.15) is 44.5 Å². The van der Waals surface area contributed by atoms with Crippen molar-refractivity contribution in [3.05, 3.63) is 21.3 Å². The lowest BCUT2D eigenvalue weighted by Gasteiger charge is -2.42. The second-order valence-electron chi connectivity index (χ2n) is 5.13. The van der Waals surface area contributed by atoms with Crippen LogP contribution < -0.4 is 5.32 Å². The second-order valence-corrected chi connectivity index (χ2v) is 6.88. The Morgan fingerprint density at radius 3 is 2.44 bits per heavy atom. The van der Waals surface area contributed by atoms with Crippen molar-refractivity contribution in [2.75, 3.05) is 20.6 Å². The molecule has 0 aliphatic carbocycles. The Labute approximate surface area is 120 Å². The van der Waals surface area contributed by atoms with Gasteiger partial charge in [0.1, 0.15) is 0 Å². The number of halogens is 1. The van der Waals surface area contributed by atoms with Gasteiger partial charge in [0, 0.05) is 10.4 Å². The Hall–Kier alpha value is -0.0900. The van der Waals surface area contributed by atoms with Gasteiger partial charge in [-0.2, -0.15) is 0 Å². The Bertz CT molecular complexity index is 364. The van der Waals surface area contributed by atoms with E-state index in [0.717, 1.165) is 23.7 Å². The monoisotopic (exact) mass is 288 g/mol. The minimum Gasteiger partial charge on any atom is -0.308 e. The van der Waals surface area contributed by atoms with Gasteiger partial charge in [0.05, 0.1) is 10.4 Å². The van der Waals surface area contributed by atoms with Crippen molar-refractivity contribution < 1.29 is 0 Å². The van der Waals surface area contributed by atoms with E-state index in [9.17, 15) is 0 Å². The summed E-state index contributed by atoms with van der Waals surface area (Å²) in [6, 6.07) is 4.47. The Morgan fingerprint density at radius 2 is 2.06 bits per heavy atom. The maximum absolute atomic E-state index is 6.09. The first kappa shape index (κ1) is 16.0. The van der Waals surface area contributed by atoms with E-state index >= 15 is 0 Å². The summed E-state index contributed by atoms with van der Waals surface area (Å²) in [6.07, 6.45) is 2.24. The maximum Gasteiger partial charge on any atom is 0.0931 e. The molecule has 0 saturated heterocycles. The predicted molar refractivity (Wildman–Crippen MR) is 82.7 cm³/mol. The summed E-state index contributed by atoms with van der Waals surface area (Å²) in [7, 11) is 4.30. The zero-order valence-electron chi connectivity index (χ0n) is 12.1. The molecule has 1 rings (SSSR count). The van der Waals surface area contributed by atoms with Crippen molar-refractivity contribution in [1.82, 2.24) is 10.2 Å². The zero-order chi connectivity index (χ0) is 13.8. The Morgan fingerprint density at radius 1 is 1.39 bits per heavy atom. The molecule has 1 aromatic heterocycles. The highest BCUT2D eigenvalue weighted by Crippen LogP contribution is 2.37. The highest BCUT2D eigenvalue weighted by Gasteiger charge is 2.36. The third-order valence-electron chi connectivity index (χ3n) is 3.84. The minimum atomic E-state index is 0.101. The van der Waals surface area contributed by atoms with Crippen LogP contribution in [0.4, 0.5) is 0 Å². The Balaban J connectivity index is 3.03. The summed E-state index contributed by atoms with van der Waals surface area (Å²) in [4.78, 5) is 3.64. The largest absolute Gasteiger partial charge is 0.308 e. The molecule has 0 saturated carbocycles. The van der Waals surface area contributed by atoms with Crippen LogP contribution >= 0.6 is 22.9 Å². The third kappa shape index (κ3) is 3.47. The summed E-state index contributed by atoms with van der Waals surface area (Å²) in [5.41, 5.74) is 0.101. The molecule has 0 amide bonds. The molecule has 104 valence electrons. The number of likely N-dealkylation sites (N-methyl/N-ethyl adjacent to an activating group) is 1. The molecule has 0 radical (unpaired) electrons. The van der Waals surface area contributed by atoms with Crippen molar-refractivity contribution in [2.45, 2.75) is 45.2 Å². The molecule has 0 aromatic carbocycles. The molecule has 1 aromatic rings. The highest BCUT2D eigenvalue weighted by atomic mass is 35.5. The van der Waals surface area contributed by atoms with Gasteiger partial charge in [-0.15, -0.1) is 11.3 Å². The molecule has 0 aliphatic rings. The summed E-state index contributed by atoms with van der Waals surface area (Å²) in [5, 5.41) is 3.68. The fourth-order valence-corrected chi connectivity index (χ4v) is 3.46. The molecular weight excluding hydrogens is 264 g/mol. The van der Waals surface area contributed by atoms with Crippen molar-refractivity contribution in [1.29, 1.82) is 0 Å². The number of rotatable bonds is 7. The van der Waals surface area contributed by atoms with Crippen LogP contribution in [0, 0.1) is 0 Å². The van der Waals surface area contributed by atoms with Crippen molar-refractivity contribution in [3.8, 4) is 0 Å². The number of nitrogens with one attached hydrogen (secondary N) is 1. The maximum atomic E-state index is 6.09. The van der Waals surface area contributed by atoms with Crippen molar-refractivity contribution in [3.63, 3.8) is 0 Å². The molecule has 18 heavy (non-hydrogen) atoms. The lowest BCUT2D eigenvalue weighted by Crippen LogP contribution is -2.51. The molecule has 1 heterocycles. The van der Waals surface area contributed by atoms with E-state index in [2.05, 4.69) is 51.1 Å². The molecule has 2 atom stereocenters. The van der Waals surface area contributed by atoms with Gasteiger partial charge in [0.25, 0.3) is 0 Å². The molecular formula is C14H25ClN2S. The van der Waals surface area contributed by atoms with Gasteiger partial charge in [-0.1, -0.05) is 25.4 Å².